The van der Waals surface area contributed by atoms with Crippen LogP contribution in [0.1, 0.15) is 26.3 Å². The van der Waals surface area contributed by atoms with Crippen molar-refractivity contribution in [2.45, 2.75) is 20.8 Å². The summed E-state index contributed by atoms with van der Waals surface area (Å²) in [6, 6.07) is 4.90. The lowest BCUT2D eigenvalue weighted by atomic mass is 10.00. The number of ketones is 1. The fourth-order valence-electron chi connectivity index (χ4n) is 1.58. The summed E-state index contributed by atoms with van der Waals surface area (Å²) in [6.07, 6.45) is 1.44. The monoisotopic (exact) mass is 293 g/mol. The van der Waals surface area contributed by atoms with Gasteiger partial charge in [0.25, 0.3) is 0 Å². The molecule has 20 heavy (non-hydrogen) atoms. The molecule has 1 N–H and O–H groups in total. The Morgan fingerprint density at radius 3 is 2.70 bits per heavy atom. The van der Waals surface area contributed by atoms with Gasteiger partial charge in [-0.25, -0.2) is 0 Å². The fourth-order valence-corrected chi connectivity index (χ4v) is 1.80. The first-order valence-electron chi connectivity index (χ1n) is 6.22. The van der Waals surface area contributed by atoms with Crippen LogP contribution in [0.15, 0.2) is 17.7 Å². The minimum atomic E-state index is -0.264. The number of halogens is 1. The van der Waals surface area contributed by atoms with Gasteiger partial charge in [0.2, 0.25) is 0 Å². The summed E-state index contributed by atoms with van der Waals surface area (Å²) < 4.78 is 5.25. The summed E-state index contributed by atoms with van der Waals surface area (Å²) >= 11 is 5.90. The second-order valence-corrected chi connectivity index (χ2v) is 4.88. The summed E-state index contributed by atoms with van der Waals surface area (Å²) in [5.41, 5.74) is 0.575. The molecule has 0 atom stereocenters. The summed E-state index contributed by atoms with van der Waals surface area (Å²) in [6.45, 7) is 5.60. The Kier molecular flexibility index (Phi) is 5.60. The van der Waals surface area contributed by atoms with Gasteiger partial charge in [-0.3, -0.25) is 4.79 Å². The van der Waals surface area contributed by atoms with E-state index in [-0.39, 0.29) is 33.8 Å². The summed E-state index contributed by atoms with van der Waals surface area (Å²) in [4.78, 5) is 11.8. The average Bonchev–Trinajstić information content (AvgIpc) is 2.40. The third-order valence-electron chi connectivity index (χ3n) is 2.57. The normalized spacial score (nSPS) is 11.3. The Bertz CT molecular complexity index is 586. The second kappa shape index (κ2) is 6.97. The van der Waals surface area contributed by atoms with Crippen molar-refractivity contribution in [3.05, 3.63) is 28.3 Å². The molecule has 0 radical (unpaired) electrons. The van der Waals surface area contributed by atoms with Gasteiger partial charge in [-0.2, -0.15) is 5.26 Å². The van der Waals surface area contributed by atoms with Crippen LogP contribution in [0.25, 0.3) is 6.08 Å². The maximum atomic E-state index is 11.8. The molecule has 0 spiro atoms. The first kappa shape index (κ1) is 16.1. The van der Waals surface area contributed by atoms with Gasteiger partial charge in [0.15, 0.2) is 17.3 Å². The number of hydrogen-bond donors (Lipinski definition) is 1. The molecule has 0 saturated heterocycles. The van der Waals surface area contributed by atoms with Crippen molar-refractivity contribution >= 4 is 23.5 Å². The Morgan fingerprint density at radius 2 is 2.20 bits per heavy atom. The van der Waals surface area contributed by atoms with Crippen molar-refractivity contribution in [3.8, 4) is 17.6 Å². The van der Waals surface area contributed by atoms with E-state index in [0.29, 0.717) is 12.2 Å². The molecule has 0 aliphatic heterocycles. The van der Waals surface area contributed by atoms with Crippen molar-refractivity contribution in [1.82, 2.24) is 0 Å². The van der Waals surface area contributed by atoms with E-state index in [1.807, 2.05) is 6.07 Å². The topological polar surface area (TPSA) is 70.3 Å². The summed E-state index contributed by atoms with van der Waals surface area (Å²) in [5.74, 6) is -0.436. The lowest BCUT2D eigenvalue weighted by molar-refractivity contribution is -0.117. The van der Waals surface area contributed by atoms with Crippen LogP contribution in [-0.4, -0.2) is 17.5 Å². The smallest absolute Gasteiger partial charge is 0.176 e. The summed E-state index contributed by atoms with van der Waals surface area (Å²) in [5, 5.41) is 18.9. The molecule has 0 heterocycles. The van der Waals surface area contributed by atoms with E-state index in [1.54, 1.807) is 20.8 Å². The number of benzene rings is 1. The van der Waals surface area contributed by atoms with Gasteiger partial charge in [0, 0.05) is 5.92 Å². The summed E-state index contributed by atoms with van der Waals surface area (Å²) in [7, 11) is 0. The molecule has 106 valence electrons. The zero-order valence-electron chi connectivity index (χ0n) is 11.6. The van der Waals surface area contributed by atoms with Gasteiger partial charge >= 0.3 is 0 Å². The predicted octanol–water partition coefficient (Wildman–Crippen LogP) is 3.58. The second-order valence-electron chi connectivity index (χ2n) is 4.47. The molecule has 0 bridgehead atoms. The van der Waals surface area contributed by atoms with Gasteiger partial charge in [-0.05, 0) is 30.7 Å². The van der Waals surface area contributed by atoms with Crippen LogP contribution in [0, 0.1) is 17.2 Å². The number of nitriles is 1. The van der Waals surface area contributed by atoms with Crippen molar-refractivity contribution in [3.63, 3.8) is 0 Å². The molecule has 0 amide bonds. The number of nitrogens with zero attached hydrogens (tertiary/aromatic N) is 1. The van der Waals surface area contributed by atoms with E-state index in [4.69, 9.17) is 21.6 Å². The largest absolute Gasteiger partial charge is 0.503 e. The molecular formula is C15H16ClNO3. The molecule has 0 fully saturated rings. The van der Waals surface area contributed by atoms with E-state index in [0.717, 1.165) is 0 Å². The van der Waals surface area contributed by atoms with Crippen LogP contribution in [0.5, 0.6) is 11.5 Å². The lowest BCUT2D eigenvalue weighted by Gasteiger charge is -2.09. The quantitative estimate of drug-likeness (QED) is 0.665. The Balaban J connectivity index is 3.26. The van der Waals surface area contributed by atoms with Crippen LogP contribution in [0.4, 0.5) is 0 Å². The Morgan fingerprint density at radius 1 is 1.55 bits per heavy atom. The zero-order valence-corrected chi connectivity index (χ0v) is 12.4. The highest BCUT2D eigenvalue weighted by Gasteiger charge is 2.15. The minimum Gasteiger partial charge on any atom is -0.503 e. The number of phenols is 1. The third-order valence-corrected chi connectivity index (χ3v) is 2.86. The van der Waals surface area contributed by atoms with Crippen molar-refractivity contribution in [2.75, 3.05) is 6.61 Å². The highest BCUT2D eigenvalue weighted by atomic mass is 35.5. The number of allylic oxidation sites excluding steroid dienone is 1. The molecule has 0 aliphatic carbocycles. The van der Waals surface area contributed by atoms with Gasteiger partial charge in [0.05, 0.1) is 17.2 Å². The predicted molar refractivity (Wildman–Crippen MR) is 77.7 cm³/mol. The molecule has 0 aromatic heterocycles. The maximum Gasteiger partial charge on any atom is 0.176 e. The fraction of sp³-hybridized carbons (Fsp3) is 0.333. The molecule has 5 heteroatoms. The number of aromatic hydroxyl groups is 1. The molecule has 0 aliphatic rings. The van der Waals surface area contributed by atoms with Gasteiger partial charge < -0.3 is 9.84 Å². The first-order valence-corrected chi connectivity index (χ1v) is 6.59. The minimum absolute atomic E-state index is 0.0456. The van der Waals surface area contributed by atoms with Crippen molar-refractivity contribution in [2.24, 2.45) is 5.92 Å². The van der Waals surface area contributed by atoms with Crippen molar-refractivity contribution < 1.29 is 14.6 Å². The molecule has 1 aromatic rings. The highest BCUT2D eigenvalue weighted by Crippen LogP contribution is 2.35. The van der Waals surface area contributed by atoms with E-state index in [1.165, 1.54) is 18.2 Å². The van der Waals surface area contributed by atoms with E-state index >= 15 is 0 Å². The van der Waals surface area contributed by atoms with E-state index in [2.05, 4.69) is 0 Å². The Hall–Kier alpha value is -1.99. The van der Waals surface area contributed by atoms with Crippen LogP contribution >= 0.6 is 11.6 Å². The number of Topliss-reactive ketones (excluding diaryl/α,β-unsaturated/α-hetero) is 1. The van der Waals surface area contributed by atoms with Crippen LogP contribution < -0.4 is 4.74 Å². The molecule has 1 rings (SSSR count). The van der Waals surface area contributed by atoms with Crippen LogP contribution in [0.2, 0.25) is 5.02 Å². The molecule has 0 saturated carbocycles. The molecule has 4 nitrogen and oxygen atoms in total. The number of ether oxygens (including phenoxy) is 1. The van der Waals surface area contributed by atoms with Crippen molar-refractivity contribution in [1.29, 1.82) is 5.26 Å². The zero-order chi connectivity index (χ0) is 15.3. The van der Waals surface area contributed by atoms with Gasteiger partial charge in [0.1, 0.15) is 6.07 Å². The SMILES string of the molecule is CCOc1cc(/C=C(\C#N)C(=O)C(C)C)cc(Cl)c1O. The third kappa shape index (κ3) is 3.75. The number of phenolic OH excluding ortho intramolecular Hbond substituents is 1. The van der Waals surface area contributed by atoms with E-state index < -0.39 is 0 Å². The number of hydrogen-bond acceptors (Lipinski definition) is 4. The Labute approximate surface area is 123 Å². The van der Waals surface area contributed by atoms with E-state index in [9.17, 15) is 9.90 Å². The van der Waals surface area contributed by atoms with Crippen LogP contribution in [0.3, 0.4) is 0 Å². The first-order chi connectivity index (χ1) is 9.40. The molecular weight excluding hydrogens is 278 g/mol. The number of carbonyl (C=O) groups excluding carboxylic acids is 1. The van der Waals surface area contributed by atoms with Crippen LogP contribution in [-0.2, 0) is 4.79 Å². The highest BCUT2D eigenvalue weighted by molar-refractivity contribution is 6.32. The van der Waals surface area contributed by atoms with Gasteiger partial charge in [-0.15, -0.1) is 0 Å². The average molecular weight is 294 g/mol. The molecule has 1 aromatic carbocycles. The lowest BCUT2D eigenvalue weighted by Crippen LogP contribution is -2.08. The standard InChI is InChI=1S/C15H16ClNO3/c1-4-20-13-7-10(6-12(16)15(13)19)5-11(8-17)14(18)9(2)3/h5-7,9,19H,4H2,1-3H3/b11-5+. The number of carbonyl (C=O) groups is 1. The number of rotatable bonds is 5. The van der Waals surface area contributed by atoms with Gasteiger partial charge in [-0.1, -0.05) is 25.4 Å². The molecule has 0 unspecified atom stereocenters. The maximum absolute atomic E-state index is 11.8.